The van der Waals surface area contributed by atoms with Crippen LogP contribution in [0, 0.1) is 0 Å². The van der Waals surface area contributed by atoms with Crippen molar-refractivity contribution in [1.29, 1.82) is 0 Å². The molecular weight excluding hydrogens is 768 g/mol. The molecule has 4 heterocycles. The van der Waals surface area contributed by atoms with Crippen LogP contribution < -0.4 is 10.6 Å². The van der Waals surface area contributed by atoms with E-state index in [9.17, 15) is 80.8 Å². The van der Waals surface area contributed by atoms with Gasteiger partial charge in [0.05, 0.1) is 38.1 Å². The Morgan fingerprint density at radius 2 is 1.30 bits per heavy atom. The number of aliphatic carboxylic acids is 1. The molecule has 324 valence electrons. The van der Waals surface area contributed by atoms with Gasteiger partial charge in [0.15, 0.2) is 18.9 Å². The number of carbonyl (C=O) groups excluding carboxylic acids is 2. The maximum atomic E-state index is 12.9. The highest BCUT2D eigenvalue weighted by molar-refractivity contribution is 5.76. The summed E-state index contributed by atoms with van der Waals surface area (Å²) in [6.45, 7) is 0.283. The molecule has 4 saturated heterocycles. The van der Waals surface area contributed by atoms with Crippen LogP contribution in [0.2, 0.25) is 0 Å². The number of rotatable bonds is 14. The maximum Gasteiger partial charge on any atom is 0.364 e. The zero-order chi connectivity index (χ0) is 42.0. The van der Waals surface area contributed by atoms with Crippen molar-refractivity contribution in [1.82, 2.24) is 10.6 Å². The summed E-state index contributed by atoms with van der Waals surface area (Å²) < 4.78 is 39.7. The van der Waals surface area contributed by atoms with Crippen LogP contribution >= 0.6 is 0 Å². The number of carboxylic acid groups (broad SMARTS) is 1. The minimum atomic E-state index is -3.12. The smallest absolute Gasteiger partial charge is 0.364 e. The van der Waals surface area contributed by atoms with Gasteiger partial charge in [0.1, 0.15) is 85.4 Å². The fraction of sp³-hybridized carbons (Fsp3) is 0.903. The first-order valence-corrected chi connectivity index (χ1v) is 17.6. The number of aliphatic hydroxyl groups excluding tert-OH is 12. The Kier molecular flexibility index (Phi) is 15.8. The van der Waals surface area contributed by atoms with E-state index in [0.717, 1.165) is 13.8 Å². The second-order valence-corrected chi connectivity index (χ2v) is 14.0. The first-order chi connectivity index (χ1) is 26.2. The zero-order valence-corrected chi connectivity index (χ0v) is 30.3. The Hall–Kier alpha value is -2.35. The van der Waals surface area contributed by atoms with Crippen molar-refractivity contribution in [2.24, 2.45) is 0 Å². The molecule has 0 bridgehead atoms. The number of aliphatic hydroxyl groups is 12. The molecule has 0 saturated carbocycles. The fourth-order valence-electron chi connectivity index (χ4n) is 6.99. The predicted molar refractivity (Wildman–Crippen MR) is 173 cm³/mol. The summed E-state index contributed by atoms with van der Waals surface area (Å²) in [4.78, 5) is 37.0. The molecule has 4 fully saturated rings. The van der Waals surface area contributed by atoms with Gasteiger partial charge in [-0.2, -0.15) is 0 Å². The van der Waals surface area contributed by atoms with Crippen LogP contribution in [0.15, 0.2) is 0 Å². The van der Waals surface area contributed by atoms with E-state index >= 15 is 0 Å². The summed E-state index contributed by atoms with van der Waals surface area (Å²) in [5, 5.41) is 142. The van der Waals surface area contributed by atoms with E-state index in [-0.39, 0.29) is 0 Å². The van der Waals surface area contributed by atoms with Gasteiger partial charge in [0.25, 0.3) is 5.79 Å². The zero-order valence-electron chi connectivity index (χ0n) is 30.3. The molecule has 15 N–H and O–H groups in total. The Balaban J connectivity index is 1.71. The molecule has 25 heteroatoms. The van der Waals surface area contributed by atoms with E-state index in [0.29, 0.717) is 0 Å². The van der Waals surface area contributed by atoms with Crippen LogP contribution in [-0.4, -0.2) is 232 Å². The van der Waals surface area contributed by atoms with Crippen molar-refractivity contribution >= 4 is 17.8 Å². The van der Waals surface area contributed by atoms with Crippen LogP contribution in [0.4, 0.5) is 0 Å². The van der Waals surface area contributed by atoms with Gasteiger partial charge in [-0.1, -0.05) is 0 Å². The lowest BCUT2D eigenvalue weighted by Crippen LogP contribution is -2.71. The SMILES string of the molecule is CC(=O)NC1C(O[C@@H]2OC(C)[C@@H](O)[C@H](O)C2O)[C@H](O[C@@H]2OC(CO)[C@H](O)C(O[C@]3(C(=O)O)C[C@@H](O)[C@@H](NC(C)=O)C([C@H](O)[C@H](O)CO)O3)C2O)C(CO)O[C@H]1O. The van der Waals surface area contributed by atoms with Gasteiger partial charge >= 0.3 is 5.97 Å². The molecule has 4 aliphatic heterocycles. The van der Waals surface area contributed by atoms with Gasteiger partial charge in [-0.3, -0.25) is 9.59 Å². The van der Waals surface area contributed by atoms with Crippen LogP contribution in [0.1, 0.15) is 27.2 Å². The minimum Gasteiger partial charge on any atom is -0.477 e. The molecular formula is C31H52N2O23. The summed E-state index contributed by atoms with van der Waals surface area (Å²) in [5.74, 6) is -6.69. The molecule has 0 radical (unpaired) electrons. The average molecular weight is 821 g/mol. The predicted octanol–water partition coefficient (Wildman–Crippen LogP) is -9.23. The summed E-state index contributed by atoms with van der Waals surface area (Å²) in [6, 6.07) is -3.22. The Morgan fingerprint density at radius 3 is 1.86 bits per heavy atom. The molecule has 0 aromatic rings. The lowest BCUT2D eigenvalue weighted by molar-refractivity contribution is -0.390. The topological polar surface area (TPSA) is 403 Å². The van der Waals surface area contributed by atoms with Gasteiger partial charge in [0.2, 0.25) is 11.8 Å². The standard InChI is InChI=1S/C31H52N2O23/c1-8-17(41)20(44)21(45)28(50-8)54-25-16(33-10(3)38)27(47)51-14(7-36)23(25)53-29-22(46)26(19(43)13(6-35)52-29)56-31(30(48)49)4-11(39)15(32-9(2)37)24(55-31)18(42)12(40)5-34/h8,11-29,34-36,39-47H,4-7H2,1-3H3,(H,32,37)(H,33,38)(H,48,49)/t8?,11-,12-,13?,14?,15-,16?,17-,18-,19+,20+,21?,22?,23-,24?,25?,26?,27-,28+,29+,31+/m1/s1. The number of carbonyl (C=O) groups is 3. The Bertz CT molecular complexity index is 1330. The van der Waals surface area contributed by atoms with E-state index in [1.165, 1.54) is 6.92 Å². The number of ether oxygens (including phenoxy) is 7. The van der Waals surface area contributed by atoms with Crippen LogP contribution in [0.25, 0.3) is 0 Å². The monoisotopic (exact) mass is 820 g/mol. The summed E-state index contributed by atoms with van der Waals surface area (Å²) >= 11 is 0. The van der Waals surface area contributed by atoms with Gasteiger partial charge in [-0.15, -0.1) is 0 Å². The third-order valence-corrected chi connectivity index (χ3v) is 9.94. The molecule has 4 aliphatic rings. The molecule has 0 aliphatic carbocycles. The minimum absolute atomic E-state index is 0.767. The first-order valence-electron chi connectivity index (χ1n) is 17.6. The van der Waals surface area contributed by atoms with E-state index in [1.807, 2.05) is 0 Å². The van der Waals surface area contributed by atoms with Crippen molar-refractivity contribution in [2.45, 2.75) is 155 Å². The third kappa shape index (κ3) is 9.74. The second-order valence-electron chi connectivity index (χ2n) is 14.0. The van der Waals surface area contributed by atoms with Gasteiger partial charge in [0, 0.05) is 20.3 Å². The molecule has 21 atom stereocenters. The van der Waals surface area contributed by atoms with E-state index < -0.39 is 172 Å². The average Bonchev–Trinajstić information content (AvgIpc) is 3.14. The Morgan fingerprint density at radius 1 is 0.732 bits per heavy atom. The highest BCUT2D eigenvalue weighted by Gasteiger charge is 2.60. The molecule has 25 nitrogen and oxygen atoms in total. The summed E-state index contributed by atoms with van der Waals surface area (Å²) in [6.07, 6.45) is -35.1. The van der Waals surface area contributed by atoms with Crippen molar-refractivity contribution in [2.75, 3.05) is 19.8 Å². The molecule has 2 amide bonds. The molecule has 0 aromatic carbocycles. The summed E-state index contributed by atoms with van der Waals surface area (Å²) in [7, 11) is 0. The normalized spacial score (nSPS) is 45.7. The molecule has 0 spiro atoms. The highest BCUT2D eigenvalue weighted by Crippen LogP contribution is 2.39. The number of carboxylic acids is 1. The van der Waals surface area contributed by atoms with Crippen molar-refractivity contribution < 1.29 is 114 Å². The fourth-order valence-corrected chi connectivity index (χ4v) is 6.99. The highest BCUT2D eigenvalue weighted by atomic mass is 16.8. The van der Waals surface area contributed by atoms with Gasteiger partial charge in [-0.05, 0) is 6.92 Å². The third-order valence-electron chi connectivity index (χ3n) is 9.94. The van der Waals surface area contributed by atoms with E-state index in [1.54, 1.807) is 0 Å². The molecule has 56 heavy (non-hydrogen) atoms. The lowest BCUT2D eigenvalue weighted by Gasteiger charge is -2.51. The second kappa shape index (κ2) is 19.1. The van der Waals surface area contributed by atoms with Gasteiger partial charge < -0.3 is 110 Å². The quantitative estimate of drug-likeness (QED) is 0.0773. The first kappa shape index (κ1) is 46.3. The summed E-state index contributed by atoms with van der Waals surface area (Å²) in [5.41, 5.74) is 0. The van der Waals surface area contributed by atoms with Crippen LogP contribution in [-0.2, 0) is 47.5 Å². The largest absolute Gasteiger partial charge is 0.477 e. The lowest BCUT2D eigenvalue weighted by atomic mass is 9.88. The number of hydrogen-bond acceptors (Lipinski definition) is 22. The van der Waals surface area contributed by atoms with Crippen molar-refractivity contribution in [3.05, 3.63) is 0 Å². The van der Waals surface area contributed by atoms with Crippen LogP contribution in [0.3, 0.4) is 0 Å². The van der Waals surface area contributed by atoms with Crippen molar-refractivity contribution in [3.63, 3.8) is 0 Å². The maximum absolute atomic E-state index is 12.9. The van der Waals surface area contributed by atoms with Crippen molar-refractivity contribution in [3.8, 4) is 0 Å². The number of hydrogen-bond donors (Lipinski definition) is 15. The van der Waals surface area contributed by atoms with Crippen LogP contribution in [0.5, 0.6) is 0 Å². The number of amides is 2. The molecule has 9 unspecified atom stereocenters. The van der Waals surface area contributed by atoms with Gasteiger partial charge in [-0.25, -0.2) is 4.79 Å². The number of nitrogens with one attached hydrogen (secondary N) is 2. The Labute approximate surface area is 317 Å². The van der Waals surface area contributed by atoms with E-state index in [4.69, 9.17) is 33.2 Å². The molecule has 4 rings (SSSR count). The molecule has 0 aromatic heterocycles. The van der Waals surface area contributed by atoms with E-state index in [2.05, 4.69) is 10.6 Å².